The highest BCUT2D eigenvalue weighted by Crippen LogP contribution is 2.11. The van der Waals surface area contributed by atoms with Crippen LogP contribution in [0, 0.1) is 0 Å². The van der Waals surface area contributed by atoms with Crippen molar-refractivity contribution in [3.63, 3.8) is 0 Å². The average Bonchev–Trinajstić information content (AvgIpc) is 2.35. The standard InChI is InChI=1S/C6H8N2O3/c7-4(3-6(9)10)5-1-2-8-11-5/h1-2,4H,3,7H2,(H,9,10). The van der Waals surface area contributed by atoms with E-state index in [-0.39, 0.29) is 6.42 Å². The Morgan fingerprint density at radius 3 is 3.09 bits per heavy atom. The topological polar surface area (TPSA) is 89.4 Å². The summed E-state index contributed by atoms with van der Waals surface area (Å²) in [6, 6.07) is 0.947. The van der Waals surface area contributed by atoms with Gasteiger partial charge in [-0.2, -0.15) is 0 Å². The number of carboxylic acids is 1. The van der Waals surface area contributed by atoms with Crippen molar-refractivity contribution in [3.8, 4) is 0 Å². The smallest absolute Gasteiger partial charge is 0.305 e. The Labute approximate surface area is 62.8 Å². The second-order valence-corrected chi connectivity index (χ2v) is 2.12. The van der Waals surface area contributed by atoms with E-state index in [0.29, 0.717) is 5.76 Å². The highest BCUT2D eigenvalue weighted by Gasteiger charge is 2.13. The molecule has 1 atom stereocenters. The highest BCUT2D eigenvalue weighted by molar-refractivity contribution is 5.67. The summed E-state index contributed by atoms with van der Waals surface area (Å²) in [6.07, 6.45) is 1.28. The number of aliphatic carboxylic acids is 1. The van der Waals surface area contributed by atoms with E-state index in [1.165, 1.54) is 6.20 Å². The van der Waals surface area contributed by atoms with Gasteiger partial charge in [0, 0.05) is 6.07 Å². The van der Waals surface area contributed by atoms with Gasteiger partial charge in [0.1, 0.15) is 0 Å². The van der Waals surface area contributed by atoms with Crippen molar-refractivity contribution in [2.45, 2.75) is 12.5 Å². The Balaban J connectivity index is 2.56. The van der Waals surface area contributed by atoms with Crippen molar-refractivity contribution in [3.05, 3.63) is 18.0 Å². The normalized spacial score (nSPS) is 12.8. The maximum atomic E-state index is 10.2. The third-order valence-electron chi connectivity index (χ3n) is 1.22. The summed E-state index contributed by atoms with van der Waals surface area (Å²) >= 11 is 0. The lowest BCUT2D eigenvalue weighted by atomic mass is 10.2. The zero-order valence-corrected chi connectivity index (χ0v) is 5.73. The number of nitrogens with two attached hydrogens (primary N) is 1. The summed E-state index contributed by atoms with van der Waals surface area (Å²) in [7, 11) is 0. The van der Waals surface area contributed by atoms with Crippen LogP contribution >= 0.6 is 0 Å². The minimum Gasteiger partial charge on any atom is -0.481 e. The first-order valence-corrected chi connectivity index (χ1v) is 3.08. The molecular weight excluding hydrogens is 148 g/mol. The molecule has 0 spiro atoms. The van der Waals surface area contributed by atoms with Crippen LogP contribution in [0.1, 0.15) is 18.2 Å². The van der Waals surface area contributed by atoms with E-state index >= 15 is 0 Å². The third-order valence-corrected chi connectivity index (χ3v) is 1.22. The van der Waals surface area contributed by atoms with E-state index in [0.717, 1.165) is 0 Å². The maximum Gasteiger partial charge on any atom is 0.305 e. The van der Waals surface area contributed by atoms with Gasteiger partial charge in [-0.15, -0.1) is 0 Å². The zero-order valence-electron chi connectivity index (χ0n) is 5.73. The van der Waals surface area contributed by atoms with Gasteiger partial charge in [-0.3, -0.25) is 4.79 Å². The molecule has 1 unspecified atom stereocenters. The molecule has 0 bridgehead atoms. The second-order valence-electron chi connectivity index (χ2n) is 2.12. The summed E-state index contributed by atoms with van der Waals surface area (Å²) in [5.74, 6) is -0.554. The average molecular weight is 156 g/mol. The van der Waals surface area contributed by atoms with E-state index in [1.54, 1.807) is 6.07 Å². The summed E-state index contributed by atoms with van der Waals surface area (Å²) in [4.78, 5) is 10.2. The van der Waals surface area contributed by atoms with Crippen LogP contribution in [0.2, 0.25) is 0 Å². The summed E-state index contributed by atoms with van der Waals surface area (Å²) < 4.78 is 4.66. The lowest BCUT2D eigenvalue weighted by Crippen LogP contribution is -2.14. The molecule has 3 N–H and O–H groups in total. The fourth-order valence-corrected chi connectivity index (χ4v) is 0.706. The Bertz CT molecular complexity index is 232. The molecule has 11 heavy (non-hydrogen) atoms. The van der Waals surface area contributed by atoms with Crippen molar-refractivity contribution in [2.75, 3.05) is 0 Å². The molecule has 1 heterocycles. The molecule has 0 saturated carbocycles. The molecule has 0 radical (unpaired) electrons. The Morgan fingerprint density at radius 2 is 2.64 bits per heavy atom. The maximum absolute atomic E-state index is 10.2. The molecule has 0 aliphatic carbocycles. The molecule has 60 valence electrons. The van der Waals surface area contributed by atoms with Gasteiger partial charge in [-0.25, -0.2) is 0 Å². The van der Waals surface area contributed by atoms with Gasteiger partial charge in [-0.05, 0) is 0 Å². The molecule has 1 rings (SSSR count). The second kappa shape index (κ2) is 3.16. The summed E-state index contributed by atoms with van der Waals surface area (Å²) in [6.45, 7) is 0. The van der Waals surface area contributed by atoms with Crippen LogP contribution in [0.25, 0.3) is 0 Å². The predicted molar refractivity (Wildman–Crippen MR) is 35.7 cm³/mol. The number of aromatic nitrogens is 1. The van der Waals surface area contributed by atoms with Crippen LogP contribution in [0.15, 0.2) is 16.8 Å². The molecule has 0 aromatic carbocycles. The molecule has 0 saturated heterocycles. The Kier molecular flexibility index (Phi) is 2.22. The van der Waals surface area contributed by atoms with Gasteiger partial charge in [-0.1, -0.05) is 5.16 Å². The van der Waals surface area contributed by atoms with E-state index in [4.69, 9.17) is 10.8 Å². The minimum absolute atomic E-state index is 0.144. The number of rotatable bonds is 3. The molecule has 5 nitrogen and oxygen atoms in total. The van der Waals surface area contributed by atoms with Crippen molar-refractivity contribution in [1.82, 2.24) is 5.16 Å². The van der Waals surface area contributed by atoms with Gasteiger partial charge in [0.2, 0.25) is 0 Å². The molecule has 0 amide bonds. The number of nitrogens with zero attached hydrogens (tertiary/aromatic N) is 1. The molecule has 5 heteroatoms. The predicted octanol–water partition coefficient (Wildman–Crippen LogP) is 0.149. The van der Waals surface area contributed by atoms with E-state index in [9.17, 15) is 4.79 Å². The SMILES string of the molecule is NC(CC(=O)O)c1ccno1. The zero-order chi connectivity index (χ0) is 8.27. The first kappa shape index (κ1) is 7.74. The van der Waals surface area contributed by atoms with Crippen molar-refractivity contribution < 1.29 is 14.4 Å². The lowest BCUT2D eigenvalue weighted by molar-refractivity contribution is -0.137. The number of carbonyl (C=O) groups is 1. The largest absolute Gasteiger partial charge is 0.481 e. The number of carboxylic acid groups (broad SMARTS) is 1. The van der Waals surface area contributed by atoms with Crippen LogP contribution in [-0.2, 0) is 4.79 Å². The Hall–Kier alpha value is -1.36. The van der Waals surface area contributed by atoms with Gasteiger partial charge in [0.05, 0.1) is 18.7 Å². The first-order valence-electron chi connectivity index (χ1n) is 3.08. The van der Waals surface area contributed by atoms with Crippen molar-refractivity contribution in [2.24, 2.45) is 5.73 Å². The minimum atomic E-state index is -0.950. The van der Waals surface area contributed by atoms with Crippen molar-refractivity contribution in [1.29, 1.82) is 0 Å². The van der Waals surface area contributed by atoms with Crippen LogP contribution in [0.3, 0.4) is 0 Å². The van der Waals surface area contributed by atoms with Crippen LogP contribution < -0.4 is 5.73 Å². The molecule has 0 aliphatic rings. The number of hydrogen-bond acceptors (Lipinski definition) is 4. The van der Waals surface area contributed by atoms with Crippen LogP contribution in [0.4, 0.5) is 0 Å². The van der Waals surface area contributed by atoms with E-state index in [2.05, 4.69) is 9.68 Å². The molecule has 1 aromatic rings. The summed E-state index contributed by atoms with van der Waals surface area (Å²) in [5.41, 5.74) is 5.43. The van der Waals surface area contributed by atoms with Gasteiger partial charge >= 0.3 is 5.97 Å². The summed E-state index contributed by atoms with van der Waals surface area (Å²) in [5, 5.41) is 11.7. The molecular formula is C6H8N2O3. The van der Waals surface area contributed by atoms with Gasteiger partial charge < -0.3 is 15.4 Å². The van der Waals surface area contributed by atoms with Gasteiger partial charge in [0.25, 0.3) is 0 Å². The third kappa shape index (κ3) is 2.05. The highest BCUT2D eigenvalue weighted by atomic mass is 16.5. The fourth-order valence-electron chi connectivity index (χ4n) is 0.706. The van der Waals surface area contributed by atoms with Crippen molar-refractivity contribution >= 4 is 5.97 Å². The molecule has 1 aromatic heterocycles. The lowest BCUT2D eigenvalue weighted by Gasteiger charge is -2.01. The van der Waals surface area contributed by atoms with Crippen LogP contribution in [0.5, 0.6) is 0 Å². The molecule has 0 fully saturated rings. The first-order chi connectivity index (χ1) is 5.20. The fraction of sp³-hybridized carbons (Fsp3) is 0.333. The molecule has 0 aliphatic heterocycles. The monoisotopic (exact) mass is 156 g/mol. The van der Waals surface area contributed by atoms with Crippen LogP contribution in [-0.4, -0.2) is 16.2 Å². The quantitative estimate of drug-likeness (QED) is 0.650. The number of hydrogen-bond donors (Lipinski definition) is 2. The van der Waals surface area contributed by atoms with Gasteiger partial charge in [0.15, 0.2) is 5.76 Å². The Morgan fingerprint density at radius 1 is 1.91 bits per heavy atom. The van der Waals surface area contributed by atoms with E-state index in [1.807, 2.05) is 0 Å². The van der Waals surface area contributed by atoms with E-state index < -0.39 is 12.0 Å².